The maximum atomic E-state index is 12.3. The van der Waals surface area contributed by atoms with Crippen LogP contribution >= 0.6 is 0 Å². The van der Waals surface area contributed by atoms with Gasteiger partial charge in [-0.1, -0.05) is 11.6 Å². The number of nitrogens with zero attached hydrogens (tertiary/aromatic N) is 1. The topological polar surface area (TPSA) is 59.5 Å². The number of fused-ring (bicyclic) bond motifs is 1. The Kier molecular flexibility index (Phi) is 3.59. The van der Waals surface area contributed by atoms with Crippen LogP contribution in [0.2, 0.25) is 0 Å². The molecule has 2 aromatic rings. The first kappa shape index (κ1) is 13.3. The van der Waals surface area contributed by atoms with E-state index < -0.39 is 0 Å². The highest BCUT2D eigenvalue weighted by atomic mass is 16.3. The molecule has 1 fully saturated rings. The van der Waals surface area contributed by atoms with Gasteiger partial charge in [-0.2, -0.15) is 0 Å². The van der Waals surface area contributed by atoms with E-state index >= 15 is 0 Å². The third-order valence-electron chi connectivity index (χ3n) is 3.95. The Morgan fingerprint density at radius 2 is 2.10 bits per heavy atom. The van der Waals surface area contributed by atoms with E-state index in [1.807, 2.05) is 31.2 Å². The van der Waals surface area contributed by atoms with Crippen LogP contribution in [0.4, 0.5) is 0 Å². The zero-order valence-corrected chi connectivity index (χ0v) is 11.8. The molecule has 1 saturated heterocycles. The van der Waals surface area contributed by atoms with E-state index in [1.54, 1.807) is 0 Å². The van der Waals surface area contributed by atoms with Gasteiger partial charge in [0.15, 0.2) is 5.76 Å². The first-order chi connectivity index (χ1) is 9.61. The van der Waals surface area contributed by atoms with E-state index in [0.717, 1.165) is 36.9 Å². The number of likely N-dealkylation sites (tertiary alicyclic amines) is 1. The van der Waals surface area contributed by atoms with Gasteiger partial charge < -0.3 is 10.2 Å². The molecule has 1 aliphatic rings. The normalized spacial score (nSPS) is 17.7. The number of carbonyl (C=O) groups excluding carboxylic acids is 1. The molecule has 0 radical (unpaired) electrons. The highest BCUT2D eigenvalue weighted by Gasteiger charge is 2.20. The summed E-state index contributed by atoms with van der Waals surface area (Å²) in [7, 11) is 0. The molecule has 0 unspecified atom stereocenters. The second-order valence-corrected chi connectivity index (χ2v) is 5.69. The third kappa shape index (κ3) is 2.76. The van der Waals surface area contributed by atoms with Crippen molar-refractivity contribution in [2.24, 2.45) is 5.73 Å². The molecule has 4 nitrogen and oxygen atoms in total. The maximum Gasteiger partial charge on any atom is 0.211 e. The van der Waals surface area contributed by atoms with Gasteiger partial charge in [0.05, 0.1) is 6.54 Å². The molecule has 0 amide bonds. The van der Waals surface area contributed by atoms with Crippen molar-refractivity contribution >= 4 is 16.8 Å². The summed E-state index contributed by atoms with van der Waals surface area (Å²) >= 11 is 0. The molecule has 1 aromatic heterocycles. The summed E-state index contributed by atoms with van der Waals surface area (Å²) in [6.45, 7) is 4.24. The summed E-state index contributed by atoms with van der Waals surface area (Å²) in [5, 5.41) is 0.994. The molecule has 20 heavy (non-hydrogen) atoms. The molecule has 0 atom stereocenters. The van der Waals surface area contributed by atoms with E-state index in [0.29, 0.717) is 12.3 Å². The summed E-state index contributed by atoms with van der Waals surface area (Å²) in [4.78, 5) is 14.4. The van der Waals surface area contributed by atoms with Gasteiger partial charge in [0.2, 0.25) is 5.78 Å². The number of hydrogen-bond acceptors (Lipinski definition) is 4. The predicted octanol–water partition coefficient (Wildman–Crippen LogP) is 2.35. The van der Waals surface area contributed by atoms with Crippen molar-refractivity contribution in [3.8, 4) is 0 Å². The van der Waals surface area contributed by atoms with E-state index in [2.05, 4.69) is 4.90 Å². The minimum atomic E-state index is 0.0503. The van der Waals surface area contributed by atoms with Gasteiger partial charge in [0, 0.05) is 24.5 Å². The van der Waals surface area contributed by atoms with Crippen molar-refractivity contribution in [3.63, 3.8) is 0 Å². The van der Waals surface area contributed by atoms with Crippen LogP contribution in [0.15, 0.2) is 28.7 Å². The number of Topliss-reactive ketones (excluding diaryl/α,β-unsaturated/α-hetero) is 1. The maximum absolute atomic E-state index is 12.3. The zero-order valence-electron chi connectivity index (χ0n) is 11.8. The van der Waals surface area contributed by atoms with Gasteiger partial charge in [-0.25, -0.2) is 0 Å². The Labute approximate surface area is 118 Å². The lowest BCUT2D eigenvalue weighted by atomic mass is 10.1. The van der Waals surface area contributed by atoms with E-state index in [-0.39, 0.29) is 11.8 Å². The minimum absolute atomic E-state index is 0.0503. The first-order valence-corrected chi connectivity index (χ1v) is 7.13. The van der Waals surface area contributed by atoms with E-state index in [4.69, 9.17) is 10.2 Å². The van der Waals surface area contributed by atoms with Crippen LogP contribution in [0, 0.1) is 6.92 Å². The average molecular weight is 272 g/mol. The van der Waals surface area contributed by atoms with Gasteiger partial charge >= 0.3 is 0 Å². The third-order valence-corrected chi connectivity index (χ3v) is 3.95. The van der Waals surface area contributed by atoms with Crippen LogP contribution in [-0.4, -0.2) is 36.4 Å². The lowest BCUT2D eigenvalue weighted by Crippen LogP contribution is -2.41. The standard InChI is InChI=1S/C16H20N2O2/c1-11-2-3-15-12(8-11)9-16(20-15)14(19)10-18-6-4-13(17)5-7-18/h2-3,8-9,13H,4-7,10,17H2,1H3. The van der Waals surface area contributed by atoms with Gasteiger partial charge in [0.25, 0.3) is 0 Å². The first-order valence-electron chi connectivity index (χ1n) is 7.13. The number of hydrogen-bond donors (Lipinski definition) is 1. The molecule has 0 bridgehead atoms. The number of aryl methyl sites for hydroxylation is 1. The number of furan rings is 1. The summed E-state index contributed by atoms with van der Waals surface area (Å²) in [5.74, 6) is 0.509. The van der Waals surface area contributed by atoms with Gasteiger partial charge in [-0.15, -0.1) is 0 Å². The fourth-order valence-electron chi connectivity index (χ4n) is 2.69. The van der Waals surface area contributed by atoms with Gasteiger partial charge in [-0.05, 0) is 38.0 Å². The highest BCUT2D eigenvalue weighted by molar-refractivity contribution is 5.98. The van der Waals surface area contributed by atoms with Crippen LogP contribution < -0.4 is 5.73 Å². The molecule has 0 saturated carbocycles. The monoisotopic (exact) mass is 272 g/mol. The van der Waals surface area contributed by atoms with Crippen LogP contribution in [0.3, 0.4) is 0 Å². The molecular weight excluding hydrogens is 252 g/mol. The highest BCUT2D eigenvalue weighted by Crippen LogP contribution is 2.21. The van der Waals surface area contributed by atoms with Crippen molar-refractivity contribution in [3.05, 3.63) is 35.6 Å². The summed E-state index contributed by atoms with van der Waals surface area (Å²) < 4.78 is 5.65. The van der Waals surface area contributed by atoms with Crippen LogP contribution in [0.5, 0.6) is 0 Å². The minimum Gasteiger partial charge on any atom is -0.453 e. The van der Waals surface area contributed by atoms with Crippen molar-refractivity contribution in [2.75, 3.05) is 19.6 Å². The van der Waals surface area contributed by atoms with Crippen molar-refractivity contribution in [1.29, 1.82) is 0 Å². The molecule has 2 N–H and O–H groups in total. The van der Waals surface area contributed by atoms with Crippen LogP contribution in [0.25, 0.3) is 11.0 Å². The predicted molar refractivity (Wildman–Crippen MR) is 78.9 cm³/mol. The molecule has 3 rings (SSSR count). The van der Waals surface area contributed by atoms with E-state index in [9.17, 15) is 4.79 Å². The average Bonchev–Trinajstić information content (AvgIpc) is 2.84. The Hall–Kier alpha value is -1.65. The van der Waals surface area contributed by atoms with Crippen LogP contribution in [0.1, 0.15) is 29.0 Å². The lowest BCUT2D eigenvalue weighted by Gasteiger charge is -2.29. The van der Waals surface area contributed by atoms with Crippen molar-refractivity contribution < 1.29 is 9.21 Å². The number of benzene rings is 1. The second kappa shape index (κ2) is 5.38. The summed E-state index contributed by atoms with van der Waals surface area (Å²) in [6.07, 6.45) is 1.93. The Bertz CT molecular complexity index is 624. The number of rotatable bonds is 3. The molecule has 1 aromatic carbocycles. The molecular formula is C16H20N2O2. The Morgan fingerprint density at radius 3 is 2.85 bits per heavy atom. The fraction of sp³-hybridized carbons (Fsp3) is 0.438. The Morgan fingerprint density at radius 1 is 1.35 bits per heavy atom. The summed E-state index contributed by atoms with van der Waals surface area (Å²) in [6, 6.07) is 8.08. The molecule has 2 heterocycles. The summed E-state index contributed by atoms with van der Waals surface area (Å²) in [5.41, 5.74) is 7.82. The lowest BCUT2D eigenvalue weighted by molar-refractivity contribution is 0.0884. The molecule has 1 aliphatic heterocycles. The SMILES string of the molecule is Cc1ccc2oc(C(=O)CN3CCC(N)CC3)cc2c1. The Balaban J connectivity index is 1.72. The quantitative estimate of drug-likeness (QED) is 0.871. The van der Waals surface area contributed by atoms with Crippen molar-refractivity contribution in [2.45, 2.75) is 25.8 Å². The van der Waals surface area contributed by atoms with E-state index in [1.165, 1.54) is 5.56 Å². The van der Waals surface area contributed by atoms with Gasteiger partial charge in [-0.3, -0.25) is 9.69 Å². The fourth-order valence-corrected chi connectivity index (χ4v) is 2.69. The van der Waals surface area contributed by atoms with Crippen LogP contribution in [-0.2, 0) is 0 Å². The zero-order chi connectivity index (χ0) is 14.1. The largest absolute Gasteiger partial charge is 0.453 e. The molecule has 4 heteroatoms. The second-order valence-electron chi connectivity index (χ2n) is 5.69. The van der Waals surface area contributed by atoms with Crippen molar-refractivity contribution in [1.82, 2.24) is 4.90 Å². The molecule has 0 spiro atoms. The molecule has 106 valence electrons. The number of piperidine rings is 1. The van der Waals surface area contributed by atoms with Gasteiger partial charge in [0.1, 0.15) is 5.58 Å². The number of ketones is 1. The number of nitrogens with two attached hydrogens (primary N) is 1. The number of carbonyl (C=O) groups is 1. The smallest absolute Gasteiger partial charge is 0.211 e. The molecule has 0 aliphatic carbocycles.